The molecule has 1 aromatic heterocycles. The number of para-hydroxylation sites is 1. The molecule has 0 unspecified atom stereocenters. The number of aromatic nitrogens is 3. The molecule has 0 radical (unpaired) electrons. The molecule has 7 heteroatoms. The molecule has 26 heavy (non-hydrogen) atoms. The van der Waals surface area contributed by atoms with Gasteiger partial charge in [-0.05, 0) is 49.2 Å². The van der Waals surface area contributed by atoms with Gasteiger partial charge in [0.2, 0.25) is 0 Å². The number of aryl methyl sites for hydroxylation is 2. The fourth-order valence-corrected chi connectivity index (χ4v) is 2.53. The van der Waals surface area contributed by atoms with Crippen LogP contribution in [0.3, 0.4) is 0 Å². The second-order valence-electron chi connectivity index (χ2n) is 6.00. The maximum atomic E-state index is 5.94. The van der Waals surface area contributed by atoms with Crippen molar-refractivity contribution in [1.82, 2.24) is 15.2 Å². The largest absolute Gasteiger partial charge is 0.486 e. The van der Waals surface area contributed by atoms with Crippen LogP contribution in [0.15, 0.2) is 53.5 Å². The number of nitrogens with one attached hydrogen (secondary N) is 2. The Labute approximate surface area is 152 Å². The summed E-state index contributed by atoms with van der Waals surface area (Å²) in [5.41, 5.74) is 9.18. The number of nitrogens with zero attached hydrogens (tertiary/aromatic N) is 3. The monoisotopic (exact) mass is 350 g/mol. The van der Waals surface area contributed by atoms with Crippen molar-refractivity contribution in [2.45, 2.75) is 27.0 Å². The molecule has 0 amide bonds. The van der Waals surface area contributed by atoms with Crippen molar-refractivity contribution in [2.75, 3.05) is 5.32 Å². The van der Waals surface area contributed by atoms with E-state index in [9.17, 15) is 0 Å². The molecule has 0 spiro atoms. The molecule has 0 fully saturated rings. The van der Waals surface area contributed by atoms with Crippen LogP contribution >= 0.6 is 0 Å². The minimum Gasteiger partial charge on any atom is -0.486 e. The highest BCUT2D eigenvalue weighted by molar-refractivity contribution is 5.92. The van der Waals surface area contributed by atoms with Gasteiger partial charge in [0.05, 0.1) is 0 Å². The maximum absolute atomic E-state index is 5.94. The van der Waals surface area contributed by atoms with E-state index in [1.807, 2.05) is 56.3 Å². The van der Waals surface area contributed by atoms with E-state index in [0.29, 0.717) is 24.2 Å². The van der Waals surface area contributed by atoms with Gasteiger partial charge in [0.15, 0.2) is 17.6 Å². The van der Waals surface area contributed by atoms with E-state index in [1.165, 1.54) is 0 Å². The summed E-state index contributed by atoms with van der Waals surface area (Å²) in [4.78, 5) is 8.63. The van der Waals surface area contributed by atoms with Crippen LogP contribution in [0, 0.1) is 13.8 Å². The molecule has 4 N–H and O–H groups in total. The lowest BCUT2D eigenvalue weighted by Crippen LogP contribution is -2.22. The van der Waals surface area contributed by atoms with Crippen molar-refractivity contribution in [3.8, 4) is 5.75 Å². The first kappa shape index (κ1) is 17.5. The van der Waals surface area contributed by atoms with Crippen molar-refractivity contribution in [3.05, 3.63) is 71.3 Å². The molecule has 0 atom stereocenters. The van der Waals surface area contributed by atoms with Gasteiger partial charge in [-0.25, -0.2) is 9.98 Å². The molecular weight excluding hydrogens is 328 g/mol. The van der Waals surface area contributed by atoms with Gasteiger partial charge in [-0.3, -0.25) is 5.10 Å². The van der Waals surface area contributed by atoms with Crippen LogP contribution in [0.5, 0.6) is 5.75 Å². The second-order valence-corrected chi connectivity index (χ2v) is 6.00. The summed E-state index contributed by atoms with van der Waals surface area (Å²) < 4.78 is 5.63. The summed E-state index contributed by atoms with van der Waals surface area (Å²) in [6.45, 7) is 4.68. The van der Waals surface area contributed by atoms with E-state index >= 15 is 0 Å². The smallest absolute Gasteiger partial charge is 0.193 e. The van der Waals surface area contributed by atoms with Gasteiger partial charge in [-0.1, -0.05) is 24.3 Å². The van der Waals surface area contributed by atoms with Gasteiger partial charge >= 0.3 is 0 Å². The number of H-pyrrole nitrogens is 1. The zero-order valence-electron chi connectivity index (χ0n) is 14.9. The van der Waals surface area contributed by atoms with E-state index in [2.05, 4.69) is 31.6 Å². The summed E-state index contributed by atoms with van der Waals surface area (Å²) in [5, 5.41) is 10.1. The van der Waals surface area contributed by atoms with Crippen LogP contribution in [0.1, 0.15) is 22.8 Å². The molecule has 0 aliphatic heterocycles. The molecule has 1 heterocycles. The minimum atomic E-state index is 0.283. The first-order valence-electron chi connectivity index (χ1n) is 8.32. The molecule has 3 aromatic rings. The summed E-state index contributed by atoms with van der Waals surface area (Å²) in [7, 11) is 0. The van der Waals surface area contributed by atoms with E-state index < -0.39 is 0 Å². The van der Waals surface area contributed by atoms with E-state index in [4.69, 9.17) is 10.5 Å². The lowest BCUT2D eigenvalue weighted by molar-refractivity contribution is 0.296. The number of hydrogen-bond donors (Lipinski definition) is 3. The third-order valence-corrected chi connectivity index (χ3v) is 3.58. The number of hydrogen-bond acceptors (Lipinski definition) is 4. The Hall–Kier alpha value is -3.35. The molecule has 134 valence electrons. The highest BCUT2D eigenvalue weighted by Gasteiger charge is 2.04. The van der Waals surface area contributed by atoms with Gasteiger partial charge < -0.3 is 15.8 Å². The molecule has 0 bridgehead atoms. The van der Waals surface area contributed by atoms with Gasteiger partial charge in [-0.2, -0.15) is 5.10 Å². The van der Waals surface area contributed by atoms with Gasteiger partial charge in [0.1, 0.15) is 18.9 Å². The highest BCUT2D eigenvalue weighted by atomic mass is 16.5. The lowest BCUT2D eigenvalue weighted by Gasteiger charge is -2.07. The highest BCUT2D eigenvalue weighted by Crippen LogP contribution is 2.13. The van der Waals surface area contributed by atoms with Crippen LogP contribution in [0.4, 0.5) is 5.69 Å². The first-order valence-corrected chi connectivity index (χ1v) is 8.32. The van der Waals surface area contributed by atoms with Crippen molar-refractivity contribution in [1.29, 1.82) is 0 Å². The van der Waals surface area contributed by atoms with E-state index in [1.54, 1.807) is 0 Å². The van der Waals surface area contributed by atoms with Crippen LogP contribution in [-0.4, -0.2) is 21.1 Å². The normalized spacial score (nSPS) is 11.4. The molecule has 0 saturated carbocycles. The summed E-state index contributed by atoms with van der Waals surface area (Å²) in [5.74, 6) is 2.30. The second kappa shape index (κ2) is 8.15. The fourth-order valence-electron chi connectivity index (χ4n) is 2.53. The van der Waals surface area contributed by atoms with E-state index in [0.717, 1.165) is 22.6 Å². The van der Waals surface area contributed by atoms with Gasteiger partial charge in [0, 0.05) is 5.69 Å². The number of aromatic amines is 1. The number of benzene rings is 2. The molecule has 2 aromatic carbocycles. The fraction of sp³-hybridized carbons (Fsp3) is 0.211. The number of nitrogens with two attached hydrogens (primary N) is 1. The molecule has 3 rings (SSSR count). The zero-order valence-corrected chi connectivity index (χ0v) is 14.9. The average Bonchev–Trinajstić information content (AvgIpc) is 3.06. The van der Waals surface area contributed by atoms with Crippen molar-refractivity contribution in [2.24, 2.45) is 10.7 Å². The van der Waals surface area contributed by atoms with Crippen molar-refractivity contribution >= 4 is 11.6 Å². The Balaban J connectivity index is 1.54. The average molecular weight is 350 g/mol. The Kier molecular flexibility index (Phi) is 5.48. The third-order valence-electron chi connectivity index (χ3n) is 3.58. The Bertz CT molecular complexity index is 868. The van der Waals surface area contributed by atoms with E-state index in [-0.39, 0.29) is 6.54 Å². The number of ether oxygens (including phenoxy) is 1. The zero-order chi connectivity index (χ0) is 18.4. The summed E-state index contributed by atoms with van der Waals surface area (Å²) >= 11 is 0. The summed E-state index contributed by atoms with van der Waals surface area (Å²) in [6.07, 6.45) is 0. The Morgan fingerprint density at radius 1 is 1.15 bits per heavy atom. The lowest BCUT2D eigenvalue weighted by atomic mass is 10.1. The minimum absolute atomic E-state index is 0.283. The van der Waals surface area contributed by atoms with Crippen molar-refractivity contribution in [3.63, 3.8) is 0 Å². The maximum Gasteiger partial charge on any atom is 0.193 e. The van der Waals surface area contributed by atoms with Gasteiger partial charge in [0.25, 0.3) is 0 Å². The SMILES string of the molecule is Cc1cc(C)cc(NC(N)=NCc2n[nH]c(COc3ccccc3)n2)c1. The number of guanidine groups is 1. The topological polar surface area (TPSA) is 101 Å². The molecule has 0 saturated heterocycles. The van der Waals surface area contributed by atoms with Crippen molar-refractivity contribution < 1.29 is 4.74 Å². The Morgan fingerprint density at radius 2 is 1.88 bits per heavy atom. The van der Waals surface area contributed by atoms with Crippen LogP contribution in [0.25, 0.3) is 0 Å². The Morgan fingerprint density at radius 3 is 2.62 bits per heavy atom. The molecular formula is C19H22N6O. The van der Waals surface area contributed by atoms with Crippen LogP contribution < -0.4 is 15.8 Å². The third kappa shape index (κ3) is 5.07. The number of anilines is 1. The quantitative estimate of drug-likeness (QED) is 0.469. The number of aliphatic imine (C=N–C) groups is 1. The number of rotatable bonds is 6. The predicted octanol–water partition coefficient (Wildman–Crippen LogP) is 2.93. The molecule has 0 aliphatic carbocycles. The predicted molar refractivity (Wildman–Crippen MR) is 102 cm³/mol. The van der Waals surface area contributed by atoms with Gasteiger partial charge in [-0.15, -0.1) is 0 Å². The standard InChI is InChI=1S/C19H22N6O/c1-13-8-14(2)10-15(9-13)22-19(20)21-11-17-23-18(25-24-17)12-26-16-6-4-3-5-7-16/h3-10H,11-12H2,1-2H3,(H3,20,21,22)(H,23,24,25). The van der Waals surface area contributed by atoms with Crippen LogP contribution in [-0.2, 0) is 13.2 Å². The molecule has 0 aliphatic rings. The van der Waals surface area contributed by atoms with Crippen LogP contribution in [0.2, 0.25) is 0 Å². The molecule has 7 nitrogen and oxygen atoms in total. The summed E-state index contributed by atoms with van der Waals surface area (Å²) in [6, 6.07) is 15.7. The first-order chi connectivity index (χ1) is 12.6.